The molecule has 11 aromatic carbocycles. The number of nitrogens with zero attached hydrogens (tertiary/aromatic N) is 2. The molecule has 0 saturated carbocycles. The Kier molecular flexibility index (Phi) is 9.89. The van der Waals surface area contributed by atoms with Crippen LogP contribution < -0.4 is 4.90 Å². The van der Waals surface area contributed by atoms with Crippen molar-refractivity contribution in [2.45, 2.75) is 0 Å². The van der Waals surface area contributed by atoms with Crippen LogP contribution in [0.2, 0.25) is 0 Å². The van der Waals surface area contributed by atoms with Gasteiger partial charge in [-0.1, -0.05) is 218 Å². The first-order valence-electron chi connectivity index (χ1n) is 22.7. The highest BCUT2D eigenvalue weighted by atomic mass is 15.1. The van der Waals surface area contributed by atoms with Crippen molar-refractivity contribution in [1.29, 1.82) is 0 Å². The van der Waals surface area contributed by atoms with E-state index in [1.807, 2.05) is 0 Å². The van der Waals surface area contributed by atoms with E-state index >= 15 is 0 Å². The smallest absolute Gasteiger partial charge is 0.0547 e. The van der Waals surface area contributed by atoms with Gasteiger partial charge in [-0.3, -0.25) is 0 Å². The maximum atomic E-state index is 2.46. The zero-order chi connectivity index (χ0) is 43.8. The van der Waals surface area contributed by atoms with Crippen molar-refractivity contribution in [3.63, 3.8) is 0 Å². The number of para-hydroxylation sites is 4. The van der Waals surface area contributed by atoms with Gasteiger partial charge in [0.15, 0.2) is 0 Å². The summed E-state index contributed by atoms with van der Waals surface area (Å²) in [5, 5.41) is 4.95. The van der Waals surface area contributed by atoms with Crippen LogP contribution in [0.4, 0.5) is 17.1 Å². The molecule has 1 heterocycles. The lowest BCUT2D eigenvalue weighted by Crippen LogP contribution is -2.12. The number of hydrogen-bond acceptors (Lipinski definition) is 1. The fraction of sp³-hybridized carbons (Fsp3) is 0. The molecule has 0 radical (unpaired) electrons. The Morgan fingerprint density at radius 3 is 1.47 bits per heavy atom. The molecule has 0 fully saturated rings. The number of aromatic nitrogens is 1. The number of rotatable bonds is 9. The summed E-state index contributed by atoms with van der Waals surface area (Å²) in [6.07, 6.45) is 0. The lowest BCUT2D eigenvalue weighted by Gasteiger charge is -2.30. The molecule has 0 amide bonds. The van der Waals surface area contributed by atoms with Gasteiger partial charge < -0.3 is 9.47 Å². The molecule has 0 aliphatic carbocycles. The maximum Gasteiger partial charge on any atom is 0.0547 e. The molecule has 0 unspecified atom stereocenters. The van der Waals surface area contributed by atoms with Crippen LogP contribution in [0.3, 0.4) is 0 Å². The molecule has 12 aromatic rings. The monoisotopic (exact) mass is 840 g/mol. The Hall–Kier alpha value is -8.72. The quantitative estimate of drug-likeness (QED) is 0.141. The predicted molar refractivity (Wildman–Crippen MR) is 280 cm³/mol. The van der Waals surface area contributed by atoms with Gasteiger partial charge in [0.25, 0.3) is 0 Å². The minimum absolute atomic E-state index is 1.07. The van der Waals surface area contributed by atoms with E-state index in [1.54, 1.807) is 0 Å². The lowest BCUT2D eigenvalue weighted by molar-refractivity contribution is 1.18. The number of anilines is 3. The zero-order valence-corrected chi connectivity index (χ0v) is 36.3. The van der Waals surface area contributed by atoms with E-state index in [0.717, 1.165) is 45.0 Å². The van der Waals surface area contributed by atoms with Crippen molar-refractivity contribution in [2.75, 3.05) is 4.90 Å². The number of fused-ring (bicyclic) bond motifs is 4. The van der Waals surface area contributed by atoms with Gasteiger partial charge in [-0.15, -0.1) is 0 Å². The van der Waals surface area contributed by atoms with Gasteiger partial charge in [0.1, 0.15) is 0 Å². The molecule has 2 nitrogen and oxygen atoms in total. The van der Waals surface area contributed by atoms with Crippen LogP contribution in [0.1, 0.15) is 0 Å². The van der Waals surface area contributed by atoms with Gasteiger partial charge in [0.2, 0.25) is 0 Å². The minimum atomic E-state index is 1.07. The highest BCUT2D eigenvalue weighted by Gasteiger charge is 2.22. The summed E-state index contributed by atoms with van der Waals surface area (Å²) in [6.45, 7) is 0. The molecule has 66 heavy (non-hydrogen) atoms. The van der Waals surface area contributed by atoms with Crippen molar-refractivity contribution < 1.29 is 0 Å². The van der Waals surface area contributed by atoms with E-state index in [1.165, 1.54) is 66.0 Å². The van der Waals surface area contributed by atoms with Crippen molar-refractivity contribution in [1.82, 2.24) is 4.57 Å². The largest absolute Gasteiger partial charge is 0.309 e. The standard InChI is InChI=1S/C64H44N2/c1-4-18-45(19-5-1)46-34-36-49(37-35-46)54-26-10-13-31-60(54)65(62-33-15-12-28-57(62)59-30-17-23-50-22-16-29-55(64(50)59)48-20-6-2-7-21-48)53-41-38-47(39-42-53)51-40-43-58-56-27-11-14-32-61(56)66(63(58)44-51)52-24-8-3-9-25-52/h1-44H. The molecule has 1 aromatic heterocycles. The van der Waals surface area contributed by atoms with Crippen molar-refractivity contribution in [2.24, 2.45) is 0 Å². The van der Waals surface area contributed by atoms with Crippen LogP contribution in [-0.2, 0) is 0 Å². The second-order valence-electron chi connectivity index (χ2n) is 16.9. The van der Waals surface area contributed by atoms with Crippen LogP contribution in [0.5, 0.6) is 0 Å². The Balaban J connectivity index is 1.03. The Bertz CT molecular complexity index is 3660. The van der Waals surface area contributed by atoms with Crippen LogP contribution in [0.25, 0.3) is 93.9 Å². The maximum absolute atomic E-state index is 2.46. The third-order valence-electron chi connectivity index (χ3n) is 13.0. The molecule has 0 aliphatic heterocycles. The topological polar surface area (TPSA) is 8.17 Å². The molecule has 12 rings (SSSR count). The molecule has 0 aliphatic rings. The lowest BCUT2D eigenvalue weighted by atomic mass is 9.90. The third kappa shape index (κ3) is 6.93. The highest BCUT2D eigenvalue weighted by molar-refractivity contribution is 6.11. The minimum Gasteiger partial charge on any atom is -0.309 e. The average molecular weight is 841 g/mol. The molecule has 0 N–H and O–H groups in total. The van der Waals surface area contributed by atoms with E-state index in [2.05, 4.69) is 276 Å². The van der Waals surface area contributed by atoms with E-state index in [4.69, 9.17) is 0 Å². The van der Waals surface area contributed by atoms with Crippen molar-refractivity contribution in [3.05, 3.63) is 267 Å². The summed E-state index contributed by atoms with van der Waals surface area (Å²) in [6, 6.07) is 96.9. The van der Waals surface area contributed by atoms with E-state index < -0.39 is 0 Å². The van der Waals surface area contributed by atoms with Crippen molar-refractivity contribution in [3.8, 4) is 61.3 Å². The van der Waals surface area contributed by atoms with Gasteiger partial charge in [0, 0.05) is 33.3 Å². The van der Waals surface area contributed by atoms with E-state index in [0.29, 0.717) is 0 Å². The first-order chi connectivity index (χ1) is 32.8. The Labute approximate surface area is 385 Å². The molecule has 0 atom stereocenters. The van der Waals surface area contributed by atoms with Crippen LogP contribution in [0, 0.1) is 0 Å². The van der Waals surface area contributed by atoms with Gasteiger partial charge in [0.05, 0.1) is 22.4 Å². The number of hydrogen-bond donors (Lipinski definition) is 0. The van der Waals surface area contributed by atoms with Crippen LogP contribution in [-0.4, -0.2) is 4.57 Å². The summed E-state index contributed by atoms with van der Waals surface area (Å²) >= 11 is 0. The molecule has 0 spiro atoms. The first kappa shape index (κ1) is 38.9. The second kappa shape index (κ2) is 16.8. The summed E-state index contributed by atoms with van der Waals surface area (Å²) in [5.41, 5.74) is 18.6. The van der Waals surface area contributed by atoms with Gasteiger partial charge in [-0.2, -0.15) is 0 Å². The summed E-state index contributed by atoms with van der Waals surface area (Å²) in [4.78, 5) is 2.46. The van der Waals surface area contributed by atoms with E-state index in [9.17, 15) is 0 Å². The second-order valence-corrected chi connectivity index (χ2v) is 16.9. The summed E-state index contributed by atoms with van der Waals surface area (Å²) in [7, 11) is 0. The van der Waals surface area contributed by atoms with E-state index in [-0.39, 0.29) is 0 Å². The van der Waals surface area contributed by atoms with Crippen LogP contribution in [0.15, 0.2) is 267 Å². The normalized spacial score (nSPS) is 11.3. The Morgan fingerprint density at radius 2 is 0.742 bits per heavy atom. The summed E-state index contributed by atoms with van der Waals surface area (Å²) < 4.78 is 2.39. The fourth-order valence-corrected chi connectivity index (χ4v) is 9.92. The molecule has 2 heteroatoms. The number of benzene rings is 11. The third-order valence-corrected chi connectivity index (χ3v) is 13.0. The van der Waals surface area contributed by atoms with Gasteiger partial charge in [-0.25, -0.2) is 0 Å². The average Bonchev–Trinajstić information content (AvgIpc) is 3.73. The molecule has 0 bridgehead atoms. The fourth-order valence-electron chi connectivity index (χ4n) is 9.92. The van der Waals surface area contributed by atoms with Crippen molar-refractivity contribution >= 4 is 49.6 Å². The molecule has 0 saturated heterocycles. The molecular weight excluding hydrogens is 797 g/mol. The Morgan fingerprint density at radius 1 is 0.273 bits per heavy atom. The first-order valence-corrected chi connectivity index (χ1v) is 22.7. The zero-order valence-electron chi connectivity index (χ0n) is 36.3. The molecular formula is C64H44N2. The SMILES string of the molecule is c1ccc(-c2ccc(-c3ccccc3N(c3ccc(-c4ccc5c6ccccc6n(-c6ccccc6)c5c4)cc3)c3ccccc3-c3cccc4cccc(-c5ccccc5)c34)cc2)cc1. The molecule has 310 valence electrons. The predicted octanol–water partition coefficient (Wildman–Crippen LogP) is 17.7. The van der Waals surface area contributed by atoms with Gasteiger partial charge >= 0.3 is 0 Å². The highest BCUT2D eigenvalue weighted by Crippen LogP contribution is 2.47. The van der Waals surface area contributed by atoms with Gasteiger partial charge in [-0.05, 0) is 104 Å². The summed E-state index contributed by atoms with van der Waals surface area (Å²) in [5.74, 6) is 0. The van der Waals surface area contributed by atoms with Crippen LogP contribution >= 0.6 is 0 Å².